The van der Waals surface area contributed by atoms with Gasteiger partial charge in [0.05, 0.1) is 19.3 Å². The van der Waals surface area contributed by atoms with Gasteiger partial charge in [0.1, 0.15) is 5.82 Å². The van der Waals surface area contributed by atoms with E-state index >= 15 is 0 Å². The Labute approximate surface area is 121 Å². The molecule has 0 spiro atoms. The predicted octanol–water partition coefficient (Wildman–Crippen LogP) is 0.963. The van der Waals surface area contributed by atoms with Crippen molar-refractivity contribution in [3.8, 4) is 0 Å². The van der Waals surface area contributed by atoms with Crippen LogP contribution in [0.2, 0.25) is 0 Å². The molecule has 1 fully saturated rings. The Morgan fingerprint density at radius 3 is 2.70 bits per heavy atom. The van der Waals surface area contributed by atoms with Crippen LogP contribution in [0.4, 0.5) is 5.82 Å². The van der Waals surface area contributed by atoms with Crippen LogP contribution < -0.4 is 10.2 Å². The van der Waals surface area contributed by atoms with Crippen molar-refractivity contribution in [3.05, 3.63) is 12.3 Å². The molecule has 2 N–H and O–H groups in total. The number of hydrogen-bond acceptors (Lipinski definition) is 2. The Morgan fingerprint density at radius 2 is 2.10 bits per heavy atom. The number of carbonyl (C=O) groups excluding carboxylic acids is 1. The summed E-state index contributed by atoms with van der Waals surface area (Å²) in [6, 6.07) is 2.11. The lowest BCUT2D eigenvalue weighted by Crippen LogP contribution is -3.15. The number of aromatic nitrogens is 2. The summed E-state index contributed by atoms with van der Waals surface area (Å²) in [5.74, 6) is 2.30. The number of likely N-dealkylation sites (tertiary alicyclic amines) is 1. The van der Waals surface area contributed by atoms with Gasteiger partial charge in [-0.15, -0.1) is 0 Å². The van der Waals surface area contributed by atoms with Crippen molar-refractivity contribution in [2.24, 2.45) is 11.8 Å². The first kappa shape index (κ1) is 15.0. The van der Waals surface area contributed by atoms with E-state index < -0.39 is 0 Å². The Bertz CT molecular complexity index is 444. The Kier molecular flexibility index (Phi) is 4.81. The number of carbonyl (C=O) groups is 1. The zero-order valence-corrected chi connectivity index (χ0v) is 13.0. The number of rotatable bonds is 4. The Hall–Kier alpha value is -1.36. The molecule has 0 radical (unpaired) electrons. The van der Waals surface area contributed by atoms with Gasteiger partial charge in [0.2, 0.25) is 0 Å². The lowest BCUT2D eigenvalue weighted by Gasteiger charge is -2.31. The first-order chi connectivity index (χ1) is 9.45. The highest BCUT2D eigenvalue weighted by molar-refractivity contribution is 5.90. The minimum atomic E-state index is 0.0868. The summed E-state index contributed by atoms with van der Waals surface area (Å²) in [4.78, 5) is 13.6. The summed E-state index contributed by atoms with van der Waals surface area (Å²) >= 11 is 0. The first-order valence-corrected chi connectivity index (χ1v) is 7.62. The van der Waals surface area contributed by atoms with Crippen LogP contribution in [0.15, 0.2) is 12.3 Å². The van der Waals surface area contributed by atoms with E-state index in [1.165, 1.54) is 11.3 Å². The summed E-state index contributed by atoms with van der Waals surface area (Å²) in [7, 11) is 0. The van der Waals surface area contributed by atoms with Crippen LogP contribution in [0.1, 0.15) is 40.2 Å². The molecule has 112 valence electrons. The number of nitrogens with one attached hydrogen (secondary N) is 2. The van der Waals surface area contributed by atoms with Crippen molar-refractivity contribution < 1.29 is 9.69 Å². The summed E-state index contributed by atoms with van der Waals surface area (Å²) in [6.45, 7) is 11.4. The molecule has 2 heterocycles. The second kappa shape index (κ2) is 6.39. The van der Waals surface area contributed by atoms with E-state index in [9.17, 15) is 4.79 Å². The van der Waals surface area contributed by atoms with Gasteiger partial charge in [0.15, 0.2) is 6.54 Å². The molecular weight excluding hydrogens is 252 g/mol. The first-order valence-electron chi connectivity index (χ1n) is 7.62. The fraction of sp³-hybridized carbons (Fsp3) is 0.733. The summed E-state index contributed by atoms with van der Waals surface area (Å²) in [5, 5.41) is 7.22. The lowest BCUT2D eigenvalue weighted by atomic mass is 9.92. The monoisotopic (exact) mass is 279 g/mol. The van der Waals surface area contributed by atoms with Crippen LogP contribution in [-0.4, -0.2) is 35.3 Å². The largest absolute Gasteiger partial charge is 0.327 e. The van der Waals surface area contributed by atoms with Crippen LogP contribution in [0, 0.1) is 11.8 Å². The second-order valence-corrected chi connectivity index (χ2v) is 6.58. The maximum atomic E-state index is 12.2. The highest BCUT2D eigenvalue weighted by Crippen LogP contribution is 2.13. The van der Waals surface area contributed by atoms with Crippen molar-refractivity contribution in [3.63, 3.8) is 0 Å². The highest BCUT2D eigenvalue weighted by Gasteiger charge is 2.26. The predicted molar refractivity (Wildman–Crippen MR) is 79.8 cm³/mol. The molecule has 1 aliphatic heterocycles. The van der Waals surface area contributed by atoms with E-state index in [1.807, 2.05) is 10.7 Å². The number of hydrogen-bond donors (Lipinski definition) is 2. The standard InChI is InChI=1S/C15H26N4O/c1-11(2)19-14(5-6-16-19)17-15(20)10-18-8-12(3)7-13(4)9-18/h5-6,11-13H,7-10H2,1-4H3,(H,17,20)/p+1/t12-,13-/m0/s1. The topological polar surface area (TPSA) is 51.4 Å². The third-order valence-corrected chi connectivity index (χ3v) is 3.92. The number of anilines is 1. The molecule has 5 heteroatoms. The summed E-state index contributed by atoms with van der Waals surface area (Å²) in [5.41, 5.74) is 0. The molecule has 20 heavy (non-hydrogen) atoms. The van der Waals surface area contributed by atoms with Crippen LogP contribution in [0.25, 0.3) is 0 Å². The van der Waals surface area contributed by atoms with E-state index in [0.29, 0.717) is 18.4 Å². The molecule has 5 nitrogen and oxygen atoms in total. The average Bonchev–Trinajstić information content (AvgIpc) is 2.75. The van der Waals surface area contributed by atoms with E-state index in [-0.39, 0.29) is 11.9 Å². The number of amides is 1. The van der Waals surface area contributed by atoms with Crippen molar-refractivity contribution in [2.45, 2.75) is 40.2 Å². The minimum Gasteiger partial charge on any atom is -0.327 e. The molecule has 2 rings (SSSR count). The van der Waals surface area contributed by atoms with Gasteiger partial charge in [-0.1, -0.05) is 13.8 Å². The normalized spacial score (nSPS) is 26.8. The van der Waals surface area contributed by atoms with E-state index in [2.05, 4.69) is 38.1 Å². The molecule has 1 saturated heterocycles. The molecule has 0 aliphatic carbocycles. The van der Waals surface area contributed by atoms with Crippen molar-refractivity contribution in [1.82, 2.24) is 9.78 Å². The molecule has 0 aromatic carbocycles. The molecular formula is C15H27N4O+. The molecule has 2 atom stereocenters. The fourth-order valence-electron chi connectivity index (χ4n) is 3.31. The van der Waals surface area contributed by atoms with E-state index in [4.69, 9.17) is 0 Å². The van der Waals surface area contributed by atoms with Crippen molar-refractivity contribution in [2.75, 3.05) is 25.0 Å². The zero-order valence-electron chi connectivity index (χ0n) is 13.0. The number of quaternary nitrogens is 1. The molecule has 1 aliphatic rings. The molecule has 1 aromatic heterocycles. The summed E-state index contributed by atoms with van der Waals surface area (Å²) < 4.78 is 1.84. The van der Waals surface area contributed by atoms with Gasteiger partial charge in [0.25, 0.3) is 5.91 Å². The van der Waals surface area contributed by atoms with Gasteiger partial charge < -0.3 is 10.2 Å². The number of nitrogens with zero attached hydrogens (tertiary/aromatic N) is 2. The van der Waals surface area contributed by atoms with Gasteiger partial charge in [-0.3, -0.25) is 4.79 Å². The van der Waals surface area contributed by atoms with Gasteiger partial charge in [0, 0.05) is 23.9 Å². The number of piperidine rings is 1. The summed E-state index contributed by atoms with van der Waals surface area (Å²) in [6.07, 6.45) is 3.01. The van der Waals surface area contributed by atoms with Crippen LogP contribution in [0.5, 0.6) is 0 Å². The molecule has 0 unspecified atom stereocenters. The molecule has 0 saturated carbocycles. The fourth-order valence-corrected chi connectivity index (χ4v) is 3.31. The maximum absolute atomic E-state index is 12.2. The van der Waals surface area contributed by atoms with Crippen LogP contribution in [-0.2, 0) is 4.79 Å². The van der Waals surface area contributed by atoms with Crippen LogP contribution in [0.3, 0.4) is 0 Å². The lowest BCUT2D eigenvalue weighted by molar-refractivity contribution is -0.904. The second-order valence-electron chi connectivity index (χ2n) is 6.58. The maximum Gasteiger partial charge on any atom is 0.280 e. The van der Waals surface area contributed by atoms with Gasteiger partial charge in [-0.25, -0.2) is 4.68 Å². The Morgan fingerprint density at radius 1 is 1.45 bits per heavy atom. The third-order valence-electron chi connectivity index (χ3n) is 3.92. The molecule has 1 aromatic rings. The Balaban J connectivity index is 1.90. The zero-order chi connectivity index (χ0) is 14.7. The molecule has 0 bridgehead atoms. The van der Waals surface area contributed by atoms with Gasteiger partial charge >= 0.3 is 0 Å². The average molecular weight is 279 g/mol. The van der Waals surface area contributed by atoms with Gasteiger partial charge in [-0.2, -0.15) is 5.10 Å². The highest BCUT2D eigenvalue weighted by atomic mass is 16.2. The van der Waals surface area contributed by atoms with Crippen molar-refractivity contribution in [1.29, 1.82) is 0 Å². The van der Waals surface area contributed by atoms with E-state index in [0.717, 1.165) is 18.9 Å². The minimum absolute atomic E-state index is 0.0868. The SMILES string of the molecule is CC(C)n1nccc1NC(=O)C[NH+]1C[C@@H](C)C[C@H](C)C1. The molecule has 1 amide bonds. The van der Waals surface area contributed by atoms with Crippen LogP contribution >= 0.6 is 0 Å². The van der Waals surface area contributed by atoms with E-state index in [1.54, 1.807) is 6.20 Å². The van der Waals surface area contributed by atoms with Crippen molar-refractivity contribution >= 4 is 11.7 Å². The van der Waals surface area contributed by atoms with Gasteiger partial charge in [-0.05, 0) is 20.3 Å². The third kappa shape index (κ3) is 3.82. The smallest absolute Gasteiger partial charge is 0.280 e. The quantitative estimate of drug-likeness (QED) is 0.862.